The van der Waals surface area contributed by atoms with E-state index < -0.39 is 0 Å². The molecule has 1 fully saturated rings. The van der Waals surface area contributed by atoms with Crippen LogP contribution in [0.2, 0.25) is 0 Å². The number of nitrogens with one attached hydrogen (secondary N) is 1. The van der Waals surface area contributed by atoms with Crippen molar-refractivity contribution in [2.24, 2.45) is 0 Å². The topological polar surface area (TPSA) is 47.5 Å². The average Bonchev–Trinajstić information content (AvgIpc) is 2.43. The van der Waals surface area contributed by atoms with Crippen molar-refractivity contribution in [2.75, 3.05) is 70.6 Å². The van der Waals surface area contributed by atoms with E-state index in [4.69, 9.17) is 0 Å². The minimum absolute atomic E-state index is 0.835. The molecule has 0 bridgehead atoms. The van der Waals surface area contributed by atoms with Gasteiger partial charge < -0.3 is 20.0 Å². The zero-order valence-corrected chi connectivity index (χ0v) is 13.8. The van der Waals surface area contributed by atoms with Gasteiger partial charge in [-0.15, -0.1) is 0 Å². The molecule has 6 heteroatoms. The molecule has 6 nitrogen and oxygen atoms in total. The fourth-order valence-electron chi connectivity index (χ4n) is 2.45. The highest BCUT2D eigenvalue weighted by atomic mass is 15.3. The molecule has 0 amide bonds. The molecule has 0 aliphatic carbocycles. The Morgan fingerprint density at radius 1 is 1.19 bits per heavy atom. The summed E-state index contributed by atoms with van der Waals surface area (Å²) in [7, 11) is 6.36. The second kappa shape index (κ2) is 7.56. The summed E-state index contributed by atoms with van der Waals surface area (Å²) in [6, 6.07) is 2.08. The minimum Gasteiger partial charge on any atom is -0.370 e. The monoisotopic (exact) mass is 292 g/mol. The second-order valence-corrected chi connectivity index (χ2v) is 6.03. The Hall–Kier alpha value is -1.40. The summed E-state index contributed by atoms with van der Waals surface area (Å²) < 4.78 is 0. The molecule has 0 atom stereocenters. The van der Waals surface area contributed by atoms with E-state index in [0.29, 0.717) is 0 Å². The maximum atomic E-state index is 4.59. The average molecular weight is 292 g/mol. The molecular weight excluding hydrogens is 264 g/mol. The zero-order valence-electron chi connectivity index (χ0n) is 13.8. The van der Waals surface area contributed by atoms with Crippen LogP contribution in [0.3, 0.4) is 0 Å². The van der Waals surface area contributed by atoms with Crippen molar-refractivity contribution in [3.63, 3.8) is 0 Å². The van der Waals surface area contributed by atoms with Crippen LogP contribution in [-0.2, 0) is 0 Å². The number of hydrogen-bond donors (Lipinski definition) is 1. The van der Waals surface area contributed by atoms with Crippen LogP contribution in [-0.4, -0.2) is 80.2 Å². The van der Waals surface area contributed by atoms with Gasteiger partial charge in [0.2, 0.25) is 0 Å². The molecule has 1 aliphatic heterocycles. The molecular formula is C15H28N6. The van der Waals surface area contributed by atoms with Crippen LogP contribution >= 0.6 is 0 Å². The van der Waals surface area contributed by atoms with Crippen LogP contribution in [0.25, 0.3) is 0 Å². The quantitative estimate of drug-likeness (QED) is 0.786. The van der Waals surface area contributed by atoms with Crippen molar-refractivity contribution in [3.05, 3.63) is 11.9 Å². The van der Waals surface area contributed by atoms with Gasteiger partial charge in [0.05, 0.1) is 0 Å². The Morgan fingerprint density at radius 2 is 1.90 bits per heavy atom. The smallest absolute Gasteiger partial charge is 0.134 e. The maximum Gasteiger partial charge on any atom is 0.134 e. The summed E-state index contributed by atoms with van der Waals surface area (Å²) in [5.41, 5.74) is 0. The fraction of sp³-hybridized carbons (Fsp3) is 0.733. The van der Waals surface area contributed by atoms with E-state index in [9.17, 15) is 0 Å². The highest BCUT2D eigenvalue weighted by Gasteiger charge is 2.16. The molecule has 2 heterocycles. The number of rotatable bonds is 6. The van der Waals surface area contributed by atoms with Gasteiger partial charge in [0.15, 0.2) is 0 Å². The van der Waals surface area contributed by atoms with E-state index in [1.54, 1.807) is 0 Å². The molecule has 1 N–H and O–H groups in total. The highest BCUT2D eigenvalue weighted by molar-refractivity contribution is 5.49. The van der Waals surface area contributed by atoms with E-state index in [1.807, 2.05) is 6.92 Å². The van der Waals surface area contributed by atoms with Crippen molar-refractivity contribution < 1.29 is 0 Å². The molecule has 0 unspecified atom stereocenters. The van der Waals surface area contributed by atoms with Crippen molar-refractivity contribution in [1.82, 2.24) is 19.8 Å². The van der Waals surface area contributed by atoms with Crippen LogP contribution in [0.15, 0.2) is 6.07 Å². The number of anilines is 2. The molecule has 118 valence electrons. The molecule has 1 aromatic rings. The summed E-state index contributed by atoms with van der Waals surface area (Å²) in [5.74, 6) is 2.82. The van der Waals surface area contributed by atoms with Gasteiger partial charge in [-0.2, -0.15) is 0 Å². The third kappa shape index (κ3) is 5.13. The van der Waals surface area contributed by atoms with Crippen LogP contribution < -0.4 is 10.2 Å². The first-order valence-electron chi connectivity index (χ1n) is 7.72. The van der Waals surface area contributed by atoms with Crippen molar-refractivity contribution >= 4 is 11.6 Å². The Labute approximate surface area is 128 Å². The van der Waals surface area contributed by atoms with Crippen LogP contribution in [0.4, 0.5) is 11.6 Å². The van der Waals surface area contributed by atoms with E-state index in [2.05, 4.69) is 57.2 Å². The number of hydrogen-bond acceptors (Lipinski definition) is 6. The molecule has 1 aromatic heterocycles. The van der Waals surface area contributed by atoms with Crippen molar-refractivity contribution in [2.45, 2.75) is 13.3 Å². The van der Waals surface area contributed by atoms with Gasteiger partial charge in [0, 0.05) is 38.8 Å². The minimum atomic E-state index is 0.835. The standard InChI is InChI=1S/C15H28N6/c1-13-17-14(16-6-5-7-19(2)3)12-15(18-13)21-10-8-20(4)9-11-21/h12H,5-11H2,1-4H3,(H,16,17,18). The molecule has 0 radical (unpaired) electrons. The number of aromatic nitrogens is 2. The first-order chi connectivity index (χ1) is 10.0. The lowest BCUT2D eigenvalue weighted by Crippen LogP contribution is -2.44. The number of likely N-dealkylation sites (N-methyl/N-ethyl adjacent to an activating group) is 1. The van der Waals surface area contributed by atoms with Crippen LogP contribution in [0.1, 0.15) is 12.2 Å². The van der Waals surface area contributed by atoms with E-state index >= 15 is 0 Å². The van der Waals surface area contributed by atoms with E-state index in [1.165, 1.54) is 0 Å². The van der Waals surface area contributed by atoms with Gasteiger partial charge >= 0.3 is 0 Å². The van der Waals surface area contributed by atoms with Gasteiger partial charge in [-0.25, -0.2) is 9.97 Å². The molecule has 1 aliphatic rings. The Bertz CT molecular complexity index is 440. The predicted octanol–water partition coefficient (Wildman–Crippen LogP) is 0.900. The summed E-state index contributed by atoms with van der Waals surface area (Å²) in [5, 5.41) is 3.41. The number of nitrogens with zero attached hydrogens (tertiary/aromatic N) is 5. The first kappa shape index (κ1) is 16.0. The van der Waals surface area contributed by atoms with Gasteiger partial charge in [-0.3, -0.25) is 0 Å². The number of piperazine rings is 1. The fourth-order valence-corrected chi connectivity index (χ4v) is 2.45. The SMILES string of the molecule is Cc1nc(NCCCN(C)C)cc(N2CCN(C)CC2)n1. The Balaban J connectivity index is 1.93. The van der Waals surface area contributed by atoms with E-state index in [0.717, 1.165) is 63.1 Å². The lowest BCUT2D eigenvalue weighted by Gasteiger charge is -2.33. The van der Waals surface area contributed by atoms with Crippen LogP contribution in [0.5, 0.6) is 0 Å². The molecule has 2 rings (SSSR count). The second-order valence-electron chi connectivity index (χ2n) is 6.03. The van der Waals surface area contributed by atoms with Crippen molar-refractivity contribution in [1.29, 1.82) is 0 Å². The maximum absolute atomic E-state index is 4.59. The Morgan fingerprint density at radius 3 is 2.57 bits per heavy atom. The van der Waals surface area contributed by atoms with Gasteiger partial charge in [-0.05, 0) is 41.0 Å². The number of aryl methyl sites for hydroxylation is 1. The zero-order chi connectivity index (χ0) is 15.2. The lowest BCUT2D eigenvalue weighted by molar-refractivity contribution is 0.312. The van der Waals surface area contributed by atoms with E-state index in [-0.39, 0.29) is 0 Å². The highest BCUT2D eigenvalue weighted by Crippen LogP contribution is 2.17. The molecule has 21 heavy (non-hydrogen) atoms. The van der Waals surface area contributed by atoms with Gasteiger partial charge in [-0.1, -0.05) is 0 Å². The molecule has 1 saturated heterocycles. The largest absolute Gasteiger partial charge is 0.370 e. The summed E-state index contributed by atoms with van der Waals surface area (Å²) in [6.45, 7) is 8.24. The third-order valence-corrected chi connectivity index (χ3v) is 3.74. The molecule has 0 aromatic carbocycles. The first-order valence-corrected chi connectivity index (χ1v) is 7.72. The van der Waals surface area contributed by atoms with Gasteiger partial charge in [0.25, 0.3) is 0 Å². The predicted molar refractivity (Wildman–Crippen MR) is 88.1 cm³/mol. The Kier molecular flexibility index (Phi) is 5.76. The summed E-state index contributed by atoms with van der Waals surface area (Å²) in [6.07, 6.45) is 1.11. The lowest BCUT2D eigenvalue weighted by atomic mass is 10.3. The van der Waals surface area contributed by atoms with Crippen molar-refractivity contribution in [3.8, 4) is 0 Å². The van der Waals surface area contributed by atoms with Gasteiger partial charge in [0.1, 0.15) is 17.5 Å². The summed E-state index contributed by atoms with van der Waals surface area (Å²) in [4.78, 5) is 16.0. The molecule has 0 saturated carbocycles. The normalized spacial score (nSPS) is 16.5. The van der Waals surface area contributed by atoms with Crippen LogP contribution in [0, 0.1) is 6.92 Å². The molecule has 0 spiro atoms. The third-order valence-electron chi connectivity index (χ3n) is 3.74. The summed E-state index contributed by atoms with van der Waals surface area (Å²) >= 11 is 0.